The summed E-state index contributed by atoms with van der Waals surface area (Å²) in [5.41, 5.74) is 0. The highest BCUT2D eigenvalue weighted by Gasteiger charge is 2.00. The Balaban J connectivity index is 3.25. The van der Waals surface area contributed by atoms with E-state index in [2.05, 4.69) is 5.32 Å². The highest BCUT2D eigenvalue weighted by Crippen LogP contribution is 1.89. The molecule has 60 valence electrons. The number of rotatable bonds is 4. The fourth-order valence-corrected chi connectivity index (χ4v) is 0.714. The van der Waals surface area contributed by atoms with Crippen LogP contribution in [-0.4, -0.2) is 25.7 Å². The summed E-state index contributed by atoms with van der Waals surface area (Å²) in [7, 11) is 1.65. The lowest BCUT2D eigenvalue weighted by atomic mass is 10.2. The van der Waals surface area contributed by atoms with Gasteiger partial charge in [0.25, 0.3) is 0 Å². The number of amides is 1. The van der Waals surface area contributed by atoms with Crippen LogP contribution in [-0.2, 0) is 9.53 Å². The number of nitrogens with one attached hydrogen (secondary N) is 1. The minimum Gasteiger partial charge on any atom is -0.385 e. The third kappa shape index (κ3) is 5.56. The van der Waals surface area contributed by atoms with Crippen LogP contribution in [0, 0.1) is 0 Å². The Hall–Kier alpha value is -0.570. The largest absolute Gasteiger partial charge is 0.385 e. The van der Waals surface area contributed by atoms with E-state index in [-0.39, 0.29) is 11.9 Å². The molecule has 0 aliphatic rings. The molecule has 0 aliphatic heterocycles. The maximum atomic E-state index is 10.5. The summed E-state index contributed by atoms with van der Waals surface area (Å²) in [4.78, 5) is 10.5. The first-order valence-electron chi connectivity index (χ1n) is 3.43. The Labute approximate surface area is 61.8 Å². The standard InChI is InChI=1S/C7H15NO2/c1-6(4-5-10-3)8-7(2)9/h6H,4-5H2,1-3H3,(H,8,9)/t6-/m0/s1. The van der Waals surface area contributed by atoms with Crippen molar-refractivity contribution in [3.05, 3.63) is 0 Å². The molecule has 0 aliphatic carbocycles. The van der Waals surface area contributed by atoms with Gasteiger partial charge in [0.2, 0.25) is 5.91 Å². The van der Waals surface area contributed by atoms with E-state index in [0.717, 1.165) is 6.42 Å². The zero-order valence-corrected chi connectivity index (χ0v) is 6.81. The van der Waals surface area contributed by atoms with E-state index in [1.165, 1.54) is 6.92 Å². The van der Waals surface area contributed by atoms with Crippen molar-refractivity contribution in [3.63, 3.8) is 0 Å². The molecule has 3 nitrogen and oxygen atoms in total. The van der Waals surface area contributed by atoms with E-state index in [4.69, 9.17) is 4.74 Å². The molecule has 0 radical (unpaired) electrons. The lowest BCUT2D eigenvalue weighted by molar-refractivity contribution is -0.119. The number of hydrogen-bond donors (Lipinski definition) is 1. The first-order valence-corrected chi connectivity index (χ1v) is 3.43. The van der Waals surface area contributed by atoms with Crippen molar-refractivity contribution < 1.29 is 9.53 Å². The van der Waals surface area contributed by atoms with Crippen LogP contribution in [0.3, 0.4) is 0 Å². The van der Waals surface area contributed by atoms with Crippen molar-refractivity contribution >= 4 is 5.91 Å². The van der Waals surface area contributed by atoms with Crippen molar-refractivity contribution in [3.8, 4) is 0 Å². The van der Waals surface area contributed by atoms with Gasteiger partial charge in [0.15, 0.2) is 0 Å². The van der Waals surface area contributed by atoms with Crippen molar-refractivity contribution in [1.29, 1.82) is 0 Å². The minimum atomic E-state index is 0.0172. The van der Waals surface area contributed by atoms with Gasteiger partial charge in [0, 0.05) is 26.7 Å². The summed E-state index contributed by atoms with van der Waals surface area (Å²) in [6.45, 7) is 4.17. The molecule has 0 aromatic carbocycles. The molecule has 0 spiro atoms. The molecule has 1 atom stereocenters. The van der Waals surface area contributed by atoms with Gasteiger partial charge in [-0.05, 0) is 13.3 Å². The third-order valence-electron chi connectivity index (χ3n) is 1.20. The molecule has 3 heteroatoms. The number of carbonyl (C=O) groups is 1. The second kappa shape index (κ2) is 5.23. The van der Waals surface area contributed by atoms with Crippen LogP contribution >= 0.6 is 0 Å². The van der Waals surface area contributed by atoms with E-state index < -0.39 is 0 Å². The van der Waals surface area contributed by atoms with Gasteiger partial charge in [-0.15, -0.1) is 0 Å². The van der Waals surface area contributed by atoms with E-state index in [0.29, 0.717) is 6.61 Å². The fraction of sp³-hybridized carbons (Fsp3) is 0.857. The predicted molar refractivity (Wildman–Crippen MR) is 39.8 cm³/mol. The molecule has 0 bridgehead atoms. The van der Waals surface area contributed by atoms with Gasteiger partial charge in [-0.1, -0.05) is 0 Å². The molecule has 10 heavy (non-hydrogen) atoms. The number of ether oxygens (including phenoxy) is 1. The molecule has 1 amide bonds. The van der Waals surface area contributed by atoms with Gasteiger partial charge in [-0.3, -0.25) is 4.79 Å². The number of hydrogen-bond acceptors (Lipinski definition) is 2. The Bertz CT molecular complexity index is 104. The minimum absolute atomic E-state index is 0.0172. The summed E-state index contributed by atoms with van der Waals surface area (Å²) in [5.74, 6) is 0.0172. The molecule has 0 saturated carbocycles. The highest BCUT2D eigenvalue weighted by atomic mass is 16.5. The van der Waals surface area contributed by atoms with Crippen LogP contribution in [0.1, 0.15) is 20.3 Å². The fourth-order valence-electron chi connectivity index (χ4n) is 0.714. The summed E-state index contributed by atoms with van der Waals surface area (Å²) in [6, 6.07) is 0.220. The van der Waals surface area contributed by atoms with Crippen molar-refractivity contribution in [2.45, 2.75) is 26.3 Å². The predicted octanol–water partition coefficient (Wildman–Crippen LogP) is 0.547. The third-order valence-corrected chi connectivity index (χ3v) is 1.20. The first-order chi connectivity index (χ1) is 4.66. The molecule has 0 saturated heterocycles. The monoisotopic (exact) mass is 145 g/mol. The molecular formula is C7H15NO2. The second-order valence-electron chi connectivity index (χ2n) is 2.38. The van der Waals surface area contributed by atoms with Crippen LogP contribution in [0.15, 0.2) is 0 Å². The van der Waals surface area contributed by atoms with Gasteiger partial charge >= 0.3 is 0 Å². The van der Waals surface area contributed by atoms with E-state index >= 15 is 0 Å². The number of carbonyl (C=O) groups excluding carboxylic acids is 1. The molecule has 0 aromatic heterocycles. The van der Waals surface area contributed by atoms with Crippen LogP contribution in [0.25, 0.3) is 0 Å². The van der Waals surface area contributed by atoms with Gasteiger partial charge in [-0.25, -0.2) is 0 Å². The van der Waals surface area contributed by atoms with Gasteiger partial charge < -0.3 is 10.1 Å². The first kappa shape index (κ1) is 9.43. The van der Waals surface area contributed by atoms with Crippen molar-refractivity contribution in [1.82, 2.24) is 5.32 Å². The van der Waals surface area contributed by atoms with Gasteiger partial charge in [0.05, 0.1) is 0 Å². The zero-order chi connectivity index (χ0) is 7.98. The topological polar surface area (TPSA) is 38.3 Å². The van der Waals surface area contributed by atoms with Crippen LogP contribution < -0.4 is 5.32 Å². The summed E-state index contributed by atoms with van der Waals surface area (Å²) in [6.07, 6.45) is 0.871. The Kier molecular flexibility index (Phi) is 4.94. The van der Waals surface area contributed by atoms with Gasteiger partial charge in [0.1, 0.15) is 0 Å². The number of methoxy groups -OCH3 is 1. The van der Waals surface area contributed by atoms with E-state index in [1.54, 1.807) is 7.11 Å². The quantitative estimate of drug-likeness (QED) is 0.627. The zero-order valence-electron chi connectivity index (χ0n) is 6.81. The average molecular weight is 145 g/mol. The molecule has 0 unspecified atom stereocenters. The van der Waals surface area contributed by atoms with Crippen LogP contribution in [0.2, 0.25) is 0 Å². The Morgan fingerprint density at radius 3 is 2.70 bits per heavy atom. The lowest BCUT2D eigenvalue weighted by Gasteiger charge is -2.10. The SMILES string of the molecule is COCC[C@H](C)NC(C)=O. The molecule has 1 N–H and O–H groups in total. The normalized spacial score (nSPS) is 12.7. The molecule has 0 fully saturated rings. The van der Waals surface area contributed by atoms with Gasteiger partial charge in [-0.2, -0.15) is 0 Å². The maximum Gasteiger partial charge on any atom is 0.217 e. The summed E-state index contributed by atoms with van der Waals surface area (Å²) < 4.78 is 4.84. The Morgan fingerprint density at radius 1 is 1.70 bits per heavy atom. The van der Waals surface area contributed by atoms with Crippen molar-refractivity contribution in [2.24, 2.45) is 0 Å². The molecule has 0 aromatic rings. The van der Waals surface area contributed by atoms with Crippen molar-refractivity contribution in [2.75, 3.05) is 13.7 Å². The van der Waals surface area contributed by atoms with E-state index in [1.807, 2.05) is 6.92 Å². The van der Waals surface area contributed by atoms with E-state index in [9.17, 15) is 4.79 Å². The smallest absolute Gasteiger partial charge is 0.217 e. The Morgan fingerprint density at radius 2 is 2.30 bits per heavy atom. The summed E-state index contributed by atoms with van der Waals surface area (Å²) in [5, 5.41) is 2.76. The highest BCUT2D eigenvalue weighted by molar-refractivity contribution is 5.73. The molecule has 0 rings (SSSR count). The summed E-state index contributed by atoms with van der Waals surface area (Å²) >= 11 is 0. The van der Waals surface area contributed by atoms with Crippen LogP contribution in [0.4, 0.5) is 0 Å². The second-order valence-corrected chi connectivity index (χ2v) is 2.38. The lowest BCUT2D eigenvalue weighted by Crippen LogP contribution is -2.31. The molecule has 0 heterocycles. The average Bonchev–Trinajstić information content (AvgIpc) is 1.82. The van der Waals surface area contributed by atoms with Crippen LogP contribution in [0.5, 0.6) is 0 Å². The maximum absolute atomic E-state index is 10.5. The molecular weight excluding hydrogens is 130 g/mol.